The predicted molar refractivity (Wildman–Crippen MR) is 67.2 cm³/mol. The fourth-order valence-corrected chi connectivity index (χ4v) is 1.60. The van der Waals surface area contributed by atoms with E-state index in [1.165, 1.54) is 0 Å². The molecule has 0 saturated carbocycles. The monoisotopic (exact) mass is 277 g/mol. The zero-order valence-corrected chi connectivity index (χ0v) is 11.2. The maximum Gasteiger partial charge on any atom is 0.522 e. The van der Waals surface area contributed by atoms with Crippen LogP contribution in [-0.4, -0.2) is 19.6 Å². The summed E-state index contributed by atoms with van der Waals surface area (Å²) in [5.41, 5.74) is 8.15. The number of halogens is 3. The van der Waals surface area contributed by atoms with E-state index in [1.807, 2.05) is 20.8 Å². The highest BCUT2D eigenvalue weighted by Gasteiger charge is 2.28. The molecule has 0 atom stereocenters. The van der Waals surface area contributed by atoms with Gasteiger partial charge in [-0.3, -0.25) is 4.74 Å². The molecule has 0 spiro atoms. The van der Waals surface area contributed by atoms with Crippen molar-refractivity contribution >= 4 is 5.69 Å². The molecular weight excluding hydrogens is 259 g/mol. The van der Waals surface area contributed by atoms with E-state index in [2.05, 4.69) is 4.74 Å². The number of nitrogen functional groups attached to an aromatic ring is 1. The van der Waals surface area contributed by atoms with Gasteiger partial charge in [-0.1, -0.05) is 13.8 Å². The van der Waals surface area contributed by atoms with Crippen LogP contribution in [0, 0.1) is 6.92 Å². The molecule has 1 aromatic carbocycles. The molecule has 0 aromatic heterocycles. The molecule has 6 heteroatoms. The Bertz CT molecular complexity index is 431. The van der Waals surface area contributed by atoms with E-state index in [4.69, 9.17) is 10.5 Å². The normalized spacial score (nSPS) is 11.9. The second-order valence-electron chi connectivity index (χ2n) is 4.54. The Kier molecular flexibility index (Phi) is 5.05. The van der Waals surface area contributed by atoms with Crippen molar-refractivity contribution in [3.8, 4) is 5.75 Å². The lowest BCUT2D eigenvalue weighted by Gasteiger charge is -2.16. The lowest BCUT2D eigenvalue weighted by Crippen LogP contribution is -2.18. The second-order valence-corrected chi connectivity index (χ2v) is 4.54. The van der Waals surface area contributed by atoms with Crippen LogP contribution in [0.4, 0.5) is 18.9 Å². The van der Waals surface area contributed by atoms with Crippen LogP contribution in [0.2, 0.25) is 0 Å². The minimum atomic E-state index is -4.62. The largest absolute Gasteiger partial charge is 0.522 e. The van der Waals surface area contributed by atoms with Crippen LogP contribution >= 0.6 is 0 Å². The average Bonchev–Trinajstić information content (AvgIpc) is 2.27. The van der Waals surface area contributed by atoms with Crippen LogP contribution < -0.4 is 10.5 Å². The topological polar surface area (TPSA) is 44.5 Å². The van der Waals surface area contributed by atoms with Crippen LogP contribution in [0.25, 0.3) is 0 Å². The zero-order chi connectivity index (χ0) is 14.6. The summed E-state index contributed by atoms with van der Waals surface area (Å²) in [4.78, 5) is 0. The van der Waals surface area contributed by atoms with Gasteiger partial charge in [-0.05, 0) is 36.1 Å². The molecule has 1 rings (SSSR count). The number of alkyl halides is 3. The average molecular weight is 277 g/mol. The quantitative estimate of drug-likeness (QED) is 0.660. The molecule has 1 aromatic rings. The van der Waals surface area contributed by atoms with Crippen LogP contribution in [0.5, 0.6) is 5.75 Å². The third-order valence-electron chi connectivity index (χ3n) is 2.63. The van der Waals surface area contributed by atoms with E-state index in [1.54, 1.807) is 12.1 Å². The summed E-state index contributed by atoms with van der Waals surface area (Å²) in [6, 6.07) is 3.53. The molecule has 0 radical (unpaired) electrons. The van der Waals surface area contributed by atoms with Crippen LogP contribution in [0.3, 0.4) is 0 Å². The number of rotatable bonds is 5. The first-order chi connectivity index (χ1) is 8.70. The van der Waals surface area contributed by atoms with Gasteiger partial charge in [0.1, 0.15) is 12.4 Å². The smallest absolute Gasteiger partial charge is 0.491 e. The van der Waals surface area contributed by atoms with Crippen molar-refractivity contribution in [1.82, 2.24) is 0 Å². The van der Waals surface area contributed by atoms with Gasteiger partial charge in [0.05, 0.1) is 6.61 Å². The van der Waals surface area contributed by atoms with Gasteiger partial charge in [-0.25, -0.2) is 0 Å². The van der Waals surface area contributed by atoms with Gasteiger partial charge < -0.3 is 10.5 Å². The molecule has 108 valence electrons. The lowest BCUT2D eigenvalue weighted by molar-refractivity contribution is -0.325. The molecule has 0 saturated heterocycles. The summed E-state index contributed by atoms with van der Waals surface area (Å²) < 4.78 is 44.4. The Morgan fingerprint density at radius 2 is 1.84 bits per heavy atom. The number of hydrogen-bond donors (Lipinski definition) is 1. The molecule has 0 aliphatic carbocycles. The standard InChI is InChI=1S/C13H18F3NO2/c1-8(2)10-7-11(17)9(3)6-12(10)18-4-5-19-13(14,15)16/h6-8H,4-5,17H2,1-3H3. The Morgan fingerprint density at radius 3 is 2.37 bits per heavy atom. The van der Waals surface area contributed by atoms with E-state index in [-0.39, 0.29) is 12.5 Å². The molecule has 0 unspecified atom stereocenters. The highest BCUT2D eigenvalue weighted by molar-refractivity contribution is 5.55. The molecule has 0 heterocycles. The first-order valence-electron chi connectivity index (χ1n) is 5.94. The molecule has 2 N–H and O–H groups in total. The van der Waals surface area contributed by atoms with Gasteiger partial charge in [0.25, 0.3) is 0 Å². The fraction of sp³-hybridized carbons (Fsp3) is 0.538. The molecule has 0 bridgehead atoms. The van der Waals surface area contributed by atoms with Crippen molar-refractivity contribution in [1.29, 1.82) is 0 Å². The molecule has 0 amide bonds. The second kappa shape index (κ2) is 6.14. The van der Waals surface area contributed by atoms with Gasteiger partial charge in [0, 0.05) is 5.69 Å². The molecule has 3 nitrogen and oxygen atoms in total. The summed E-state index contributed by atoms with van der Waals surface area (Å²) in [6.45, 7) is 5.04. The fourth-order valence-electron chi connectivity index (χ4n) is 1.60. The van der Waals surface area contributed by atoms with Crippen molar-refractivity contribution in [2.24, 2.45) is 0 Å². The summed E-state index contributed by atoms with van der Waals surface area (Å²) in [5, 5.41) is 0. The number of benzene rings is 1. The molecule has 0 aliphatic rings. The number of nitrogens with two attached hydrogens (primary N) is 1. The van der Waals surface area contributed by atoms with E-state index >= 15 is 0 Å². The zero-order valence-electron chi connectivity index (χ0n) is 11.2. The summed E-state index contributed by atoms with van der Waals surface area (Å²) in [7, 11) is 0. The molecule has 0 aliphatic heterocycles. The van der Waals surface area contributed by atoms with Crippen LogP contribution in [0.15, 0.2) is 12.1 Å². The Labute approximate surface area is 110 Å². The Hall–Kier alpha value is -1.43. The SMILES string of the molecule is Cc1cc(OCCOC(F)(F)F)c(C(C)C)cc1N. The van der Waals surface area contributed by atoms with E-state index < -0.39 is 13.0 Å². The third kappa shape index (κ3) is 4.98. The van der Waals surface area contributed by atoms with Crippen molar-refractivity contribution in [2.45, 2.75) is 33.1 Å². The van der Waals surface area contributed by atoms with E-state index in [9.17, 15) is 13.2 Å². The number of hydrogen-bond acceptors (Lipinski definition) is 3. The molecular formula is C13H18F3NO2. The van der Waals surface area contributed by atoms with Crippen LogP contribution in [-0.2, 0) is 4.74 Å². The number of anilines is 1. The molecule has 19 heavy (non-hydrogen) atoms. The number of ether oxygens (including phenoxy) is 2. The van der Waals surface area contributed by atoms with Crippen LogP contribution in [0.1, 0.15) is 30.9 Å². The van der Waals surface area contributed by atoms with Crippen molar-refractivity contribution in [2.75, 3.05) is 18.9 Å². The summed E-state index contributed by atoms with van der Waals surface area (Å²) in [6.07, 6.45) is -4.62. The summed E-state index contributed by atoms with van der Waals surface area (Å²) in [5.74, 6) is 0.717. The van der Waals surface area contributed by atoms with Gasteiger partial charge >= 0.3 is 6.36 Å². The van der Waals surface area contributed by atoms with Gasteiger partial charge in [-0.2, -0.15) is 0 Å². The van der Waals surface area contributed by atoms with Crippen molar-refractivity contribution in [3.63, 3.8) is 0 Å². The van der Waals surface area contributed by atoms with Crippen molar-refractivity contribution in [3.05, 3.63) is 23.3 Å². The minimum absolute atomic E-state index is 0.164. The minimum Gasteiger partial charge on any atom is -0.491 e. The highest BCUT2D eigenvalue weighted by Crippen LogP contribution is 2.31. The highest BCUT2D eigenvalue weighted by atomic mass is 19.4. The van der Waals surface area contributed by atoms with Gasteiger partial charge in [-0.15, -0.1) is 13.2 Å². The molecule has 0 fully saturated rings. The predicted octanol–water partition coefficient (Wildman–Crippen LogP) is 3.62. The van der Waals surface area contributed by atoms with E-state index in [0.29, 0.717) is 11.4 Å². The lowest BCUT2D eigenvalue weighted by atomic mass is 9.99. The first-order valence-corrected chi connectivity index (χ1v) is 5.94. The first kappa shape index (κ1) is 15.6. The van der Waals surface area contributed by atoms with Crippen molar-refractivity contribution < 1.29 is 22.6 Å². The summed E-state index contributed by atoms with van der Waals surface area (Å²) >= 11 is 0. The van der Waals surface area contributed by atoms with Gasteiger partial charge in [0.15, 0.2) is 0 Å². The van der Waals surface area contributed by atoms with Gasteiger partial charge in [0.2, 0.25) is 0 Å². The van der Waals surface area contributed by atoms with E-state index in [0.717, 1.165) is 11.1 Å². The maximum absolute atomic E-state index is 11.8. The Balaban J connectivity index is 2.69. The number of aryl methyl sites for hydroxylation is 1. The Morgan fingerprint density at radius 1 is 1.21 bits per heavy atom. The third-order valence-corrected chi connectivity index (χ3v) is 2.63. The maximum atomic E-state index is 11.8.